The molecule has 0 unspecified atom stereocenters. The minimum atomic E-state index is -0.384. The number of nitrogens with zero attached hydrogens (tertiary/aromatic N) is 1. The molecule has 0 bridgehead atoms. The van der Waals surface area contributed by atoms with E-state index in [2.05, 4.69) is 15.0 Å². The van der Waals surface area contributed by atoms with Crippen molar-refractivity contribution < 1.29 is 18.7 Å². The van der Waals surface area contributed by atoms with Crippen LogP contribution in [0.1, 0.15) is 15.4 Å². The van der Waals surface area contributed by atoms with Gasteiger partial charge in [0.25, 0.3) is 5.91 Å². The van der Waals surface area contributed by atoms with Crippen LogP contribution in [0.3, 0.4) is 0 Å². The summed E-state index contributed by atoms with van der Waals surface area (Å²) in [6.45, 7) is 0. The molecule has 3 aromatic rings. The number of benzene rings is 1. The zero-order valence-corrected chi connectivity index (χ0v) is 14.7. The summed E-state index contributed by atoms with van der Waals surface area (Å²) < 4.78 is 17.6. The van der Waals surface area contributed by atoms with E-state index in [0.717, 1.165) is 10.4 Å². The van der Waals surface area contributed by atoms with E-state index in [4.69, 9.17) is 0 Å². The highest BCUT2D eigenvalue weighted by Gasteiger charge is 2.14. The number of methoxy groups -OCH3 is 1. The Labute approximate surface area is 151 Å². The van der Waals surface area contributed by atoms with Crippen molar-refractivity contribution in [2.75, 3.05) is 12.4 Å². The van der Waals surface area contributed by atoms with Crippen LogP contribution in [-0.2, 0) is 16.0 Å². The van der Waals surface area contributed by atoms with Gasteiger partial charge in [-0.05, 0) is 29.8 Å². The average Bonchev–Trinajstić information content (AvgIpc) is 3.25. The fraction of sp³-hybridized carbons (Fsp3) is 0.118. The topological polar surface area (TPSA) is 68.3 Å². The van der Waals surface area contributed by atoms with Gasteiger partial charge < -0.3 is 4.74 Å². The molecule has 1 amide bonds. The molecule has 1 N–H and O–H groups in total. The molecule has 2 heterocycles. The van der Waals surface area contributed by atoms with Crippen LogP contribution in [0.2, 0.25) is 0 Å². The summed E-state index contributed by atoms with van der Waals surface area (Å²) in [4.78, 5) is 29.1. The number of hydrogen-bond acceptors (Lipinski definition) is 6. The van der Waals surface area contributed by atoms with E-state index in [1.165, 1.54) is 41.9 Å². The van der Waals surface area contributed by atoms with Crippen molar-refractivity contribution in [1.29, 1.82) is 0 Å². The van der Waals surface area contributed by atoms with E-state index < -0.39 is 0 Å². The van der Waals surface area contributed by atoms with Crippen LogP contribution in [0, 0.1) is 5.82 Å². The molecule has 0 atom stereocenters. The number of esters is 1. The lowest BCUT2D eigenvalue weighted by atomic mass is 10.2. The van der Waals surface area contributed by atoms with E-state index in [0.29, 0.717) is 15.7 Å². The number of carbonyl (C=O) groups is 2. The highest BCUT2D eigenvalue weighted by molar-refractivity contribution is 7.17. The molecule has 0 spiro atoms. The Hall–Kier alpha value is -2.58. The van der Waals surface area contributed by atoms with E-state index >= 15 is 0 Å². The van der Waals surface area contributed by atoms with Gasteiger partial charge in [0.1, 0.15) is 5.82 Å². The van der Waals surface area contributed by atoms with E-state index in [1.54, 1.807) is 23.6 Å². The predicted molar refractivity (Wildman–Crippen MR) is 95.5 cm³/mol. The molecule has 0 saturated heterocycles. The molecule has 5 nitrogen and oxygen atoms in total. The van der Waals surface area contributed by atoms with Gasteiger partial charge in [0.05, 0.1) is 24.1 Å². The van der Waals surface area contributed by atoms with Crippen LogP contribution in [0.15, 0.2) is 41.8 Å². The number of ether oxygens (including phenoxy) is 1. The molecule has 2 aromatic heterocycles. The first kappa shape index (κ1) is 17.2. The number of thiazole rings is 1. The predicted octanol–water partition coefficient (Wildman–Crippen LogP) is 3.98. The smallest absolute Gasteiger partial charge is 0.311 e. The van der Waals surface area contributed by atoms with Gasteiger partial charge in [-0.2, -0.15) is 0 Å². The lowest BCUT2D eigenvalue weighted by molar-refractivity contribution is -0.139. The SMILES string of the molecule is COC(=O)Cc1csc(NC(=O)c2ccc(-c3ccc(F)cc3)s2)n1. The maximum absolute atomic E-state index is 13.0. The van der Waals surface area contributed by atoms with Gasteiger partial charge in [-0.15, -0.1) is 22.7 Å². The van der Waals surface area contributed by atoms with Gasteiger partial charge in [-0.25, -0.2) is 9.37 Å². The summed E-state index contributed by atoms with van der Waals surface area (Å²) in [5, 5.41) is 4.83. The van der Waals surface area contributed by atoms with Gasteiger partial charge in [-0.1, -0.05) is 12.1 Å². The second-order valence-corrected chi connectivity index (χ2v) is 6.96. The van der Waals surface area contributed by atoms with Gasteiger partial charge in [0, 0.05) is 10.3 Å². The quantitative estimate of drug-likeness (QED) is 0.684. The third-order valence-corrected chi connectivity index (χ3v) is 5.22. The van der Waals surface area contributed by atoms with Crippen LogP contribution < -0.4 is 5.32 Å². The zero-order valence-electron chi connectivity index (χ0n) is 13.1. The molecule has 3 rings (SSSR count). The molecule has 1 aromatic carbocycles. The maximum Gasteiger partial charge on any atom is 0.311 e. The molecule has 0 saturated carbocycles. The largest absolute Gasteiger partial charge is 0.469 e. The van der Waals surface area contributed by atoms with Crippen LogP contribution in [0.5, 0.6) is 0 Å². The molecule has 25 heavy (non-hydrogen) atoms. The molecule has 0 radical (unpaired) electrons. The summed E-state index contributed by atoms with van der Waals surface area (Å²) >= 11 is 2.55. The van der Waals surface area contributed by atoms with Crippen molar-refractivity contribution in [1.82, 2.24) is 4.98 Å². The molecule has 0 aliphatic heterocycles. The number of nitrogens with one attached hydrogen (secondary N) is 1. The molecule has 8 heteroatoms. The Morgan fingerprint density at radius 1 is 1.20 bits per heavy atom. The van der Waals surface area contributed by atoms with Crippen LogP contribution in [-0.4, -0.2) is 24.0 Å². The summed E-state index contributed by atoms with van der Waals surface area (Å²) in [6, 6.07) is 9.63. The van der Waals surface area contributed by atoms with Crippen LogP contribution in [0.25, 0.3) is 10.4 Å². The van der Waals surface area contributed by atoms with Crippen LogP contribution in [0.4, 0.5) is 9.52 Å². The number of hydrogen-bond donors (Lipinski definition) is 1. The Morgan fingerprint density at radius 2 is 1.96 bits per heavy atom. The Balaban J connectivity index is 1.68. The van der Waals surface area contributed by atoms with Crippen molar-refractivity contribution in [2.24, 2.45) is 0 Å². The minimum Gasteiger partial charge on any atom is -0.469 e. The van der Waals surface area contributed by atoms with Gasteiger partial charge in [-0.3, -0.25) is 14.9 Å². The number of carbonyl (C=O) groups excluding carboxylic acids is 2. The maximum atomic E-state index is 13.0. The number of aromatic nitrogens is 1. The third-order valence-electron chi connectivity index (χ3n) is 3.28. The Morgan fingerprint density at radius 3 is 2.68 bits per heavy atom. The number of thiophene rings is 1. The minimum absolute atomic E-state index is 0.0661. The molecular formula is C17H13FN2O3S2. The van der Waals surface area contributed by atoms with Crippen molar-refractivity contribution in [3.05, 3.63) is 58.2 Å². The van der Waals surface area contributed by atoms with E-state index in [1.807, 2.05) is 6.07 Å². The Bertz CT molecular complexity index is 903. The molecule has 128 valence electrons. The first-order valence-corrected chi connectivity index (χ1v) is 8.93. The first-order chi connectivity index (χ1) is 12.0. The van der Waals surface area contributed by atoms with Crippen molar-refractivity contribution in [3.63, 3.8) is 0 Å². The number of rotatable bonds is 5. The van der Waals surface area contributed by atoms with Crippen molar-refractivity contribution >= 4 is 39.7 Å². The number of anilines is 1. The molecular weight excluding hydrogens is 363 g/mol. The summed E-state index contributed by atoms with van der Waals surface area (Å²) in [5.74, 6) is -0.965. The molecule has 0 aliphatic rings. The number of halogens is 1. The van der Waals surface area contributed by atoms with Crippen LogP contribution >= 0.6 is 22.7 Å². The average molecular weight is 376 g/mol. The second-order valence-electron chi connectivity index (χ2n) is 5.02. The van der Waals surface area contributed by atoms with Gasteiger partial charge in [0.15, 0.2) is 5.13 Å². The monoisotopic (exact) mass is 376 g/mol. The lowest BCUT2D eigenvalue weighted by Crippen LogP contribution is -2.10. The number of amides is 1. The van der Waals surface area contributed by atoms with Gasteiger partial charge in [0.2, 0.25) is 0 Å². The second kappa shape index (κ2) is 7.54. The standard InChI is InChI=1S/C17H13FN2O3S2/c1-23-15(21)8-12-9-24-17(19-12)20-16(22)14-7-6-13(25-14)10-2-4-11(18)5-3-10/h2-7,9H,8H2,1H3,(H,19,20,22). The zero-order chi connectivity index (χ0) is 17.8. The normalized spacial score (nSPS) is 10.5. The van der Waals surface area contributed by atoms with Crippen molar-refractivity contribution in [2.45, 2.75) is 6.42 Å². The lowest BCUT2D eigenvalue weighted by Gasteiger charge is -1.99. The summed E-state index contributed by atoms with van der Waals surface area (Å²) in [7, 11) is 1.31. The van der Waals surface area contributed by atoms with E-state index in [9.17, 15) is 14.0 Å². The Kier molecular flexibility index (Phi) is 5.20. The highest BCUT2D eigenvalue weighted by atomic mass is 32.1. The summed E-state index contributed by atoms with van der Waals surface area (Å²) in [6.07, 6.45) is 0.0661. The highest BCUT2D eigenvalue weighted by Crippen LogP contribution is 2.29. The first-order valence-electron chi connectivity index (χ1n) is 7.23. The summed E-state index contributed by atoms with van der Waals surface area (Å²) in [5.41, 5.74) is 1.39. The molecule has 0 fully saturated rings. The van der Waals surface area contributed by atoms with Gasteiger partial charge >= 0.3 is 5.97 Å². The fourth-order valence-corrected chi connectivity index (χ4v) is 3.67. The van der Waals surface area contributed by atoms with Crippen molar-refractivity contribution in [3.8, 4) is 10.4 Å². The van der Waals surface area contributed by atoms with E-state index in [-0.39, 0.29) is 24.1 Å². The molecule has 0 aliphatic carbocycles. The fourth-order valence-electron chi connectivity index (χ4n) is 2.05. The third kappa shape index (κ3) is 4.28.